The Morgan fingerprint density at radius 3 is 2.29 bits per heavy atom. The van der Waals surface area contributed by atoms with Crippen LogP contribution in [0.25, 0.3) is 0 Å². The van der Waals surface area contributed by atoms with Crippen LogP contribution in [0.5, 0.6) is 0 Å². The molecule has 1 aliphatic rings. The largest absolute Gasteiger partial charge is 0.327 e. The van der Waals surface area contributed by atoms with Gasteiger partial charge in [-0.1, -0.05) is 19.1 Å². The number of piperazine rings is 1. The molecule has 3 heteroatoms. The minimum absolute atomic E-state index is 0.662. The Bertz CT molecular complexity index is 160. The van der Waals surface area contributed by atoms with Gasteiger partial charge in [-0.2, -0.15) is 0 Å². The van der Waals surface area contributed by atoms with Gasteiger partial charge in [0.25, 0.3) is 0 Å². The maximum absolute atomic E-state index is 5.39. The third-order valence-corrected chi connectivity index (χ3v) is 2.67. The Kier molecular flexibility index (Phi) is 5.83. The summed E-state index contributed by atoms with van der Waals surface area (Å²) in [5, 5.41) is 0. The summed E-state index contributed by atoms with van der Waals surface area (Å²) in [4.78, 5) is 5.03. The van der Waals surface area contributed by atoms with Gasteiger partial charge in [0.1, 0.15) is 0 Å². The minimum atomic E-state index is 0.662. The number of nitrogens with zero attached hydrogens (tertiary/aromatic N) is 2. The summed E-state index contributed by atoms with van der Waals surface area (Å²) in [7, 11) is 0. The van der Waals surface area contributed by atoms with E-state index in [0.29, 0.717) is 6.54 Å². The SMILES string of the molecule is CCCN1CCN(CC=CCN)CC1. The van der Waals surface area contributed by atoms with Crippen molar-refractivity contribution in [2.24, 2.45) is 5.73 Å². The van der Waals surface area contributed by atoms with Gasteiger partial charge >= 0.3 is 0 Å². The highest BCUT2D eigenvalue weighted by Gasteiger charge is 2.14. The average molecular weight is 197 g/mol. The first kappa shape index (κ1) is 11.7. The molecular formula is C11H23N3. The molecule has 82 valence electrons. The van der Waals surface area contributed by atoms with E-state index in [2.05, 4.69) is 22.8 Å². The summed E-state index contributed by atoms with van der Waals surface area (Å²) in [5.41, 5.74) is 5.39. The zero-order valence-electron chi connectivity index (χ0n) is 9.28. The van der Waals surface area contributed by atoms with Crippen LogP contribution >= 0.6 is 0 Å². The standard InChI is InChI=1S/C11H23N3/c1-2-6-13-8-10-14(11-9-13)7-4-3-5-12/h3-4H,2,5-12H2,1H3. The van der Waals surface area contributed by atoms with Crippen LogP contribution in [-0.4, -0.2) is 55.6 Å². The molecule has 1 aliphatic heterocycles. The second kappa shape index (κ2) is 6.98. The number of hydrogen-bond acceptors (Lipinski definition) is 3. The first-order chi connectivity index (χ1) is 6.86. The molecule has 1 heterocycles. The first-order valence-corrected chi connectivity index (χ1v) is 5.66. The highest BCUT2D eigenvalue weighted by Crippen LogP contribution is 2.01. The summed E-state index contributed by atoms with van der Waals surface area (Å²) in [6.45, 7) is 10.1. The van der Waals surface area contributed by atoms with Crippen LogP contribution in [0, 0.1) is 0 Å². The van der Waals surface area contributed by atoms with Crippen LogP contribution in [0.4, 0.5) is 0 Å². The maximum atomic E-state index is 5.39. The van der Waals surface area contributed by atoms with Crippen molar-refractivity contribution >= 4 is 0 Å². The van der Waals surface area contributed by atoms with Gasteiger partial charge in [-0.15, -0.1) is 0 Å². The molecular weight excluding hydrogens is 174 g/mol. The molecule has 0 atom stereocenters. The van der Waals surface area contributed by atoms with E-state index < -0.39 is 0 Å². The van der Waals surface area contributed by atoms with Crippen LogP contribution < -0.4 is 5.73 Å². The van der Waals surface area contributed by atoms with E-state index in [1.54, 1.807) is 0 Å². The zero-order valence-corrected chi connectivity index (χ0v) is 9.28. The molecule has 3 nitrogen and oxygen atoms in total. The fraction of sp³-hybridized carbons (Fsp3) is 0.818. The Balaban J connectivity index is 2.12. The molecule has 0 unspecified atom stereocenters. The molecule has 1 saturated heterocycles. The molecule has 0 spiro atoms. The summed E-state index contributed by atoms with van der Waals surface area (Å²) in [6, 6.07) is 0. The highest BCUT2D eigenvalue weighted by atomic mass is 15.3. The molecule has 0 bridgehead atoms. The van der Waals surface area contributed by atoms with Crippen molar-refractivity contribution in [3.63, 3.8) is 0 Å². The lowest BCUT2D eigenvalue weighted by Gasteiger charge is -2.33. The summed E-state index contributed by atoms with van der Waals surface area (Å²) in [6.07, 6.45) is 5.49. The van der Waals surface area contributed by atoms with E-state index in [4.69, 9.17) is 5.73 Å². The molecule has 0 aromatic carbocycles. The van der Waals surface area contributed by atoms with Crippen LogP contribution in [0.3, 0.4) is 0 Å². The molecule has 2 N–H and O–H groups in total. The second-order valence-electron chi connectivity index (χ2n) is 3.85. The Hall–Kier alpha value is -0.380. The topological polar surface area (TPSA) is 32.5 Å². The average Bonchev–Trinajstić information content (AvgIpc) is 2.21. The third-order valence-electron chi connectivity index (χ3n) is 2.67. The van der Waals surface area contributed by atoms with Crippen LogP contribution in [0.15, 0.2) is 12.2 Å². The van der Waals surface area contributed by atoms with Crippen molar-refractivity contribution in [2.45, 2.75) is 13.3 Å². The number of hydrogen-bond donors (Lipinski definition) is 1. The lowest BCUT2D eigenvalue weighted by atomic mass is 10.3. The molecule has 0 aromatic heterocycles. The Labute approximate surface area is 87.6 Å². The lowest BCUT2D eigenvalue weighted by molar-refractivity contribution is 0.142. The van der Waals surface area contributed by atoms with E-state index in [1.807, 2.05) is 6.08 Å². The molecule has 0 saturated carbocycles. The Morgan fingerprint density at radius 2 is 1.71 bits per heavy atom. The first-order valence-electron chi connectivity index (χ1n) is 5.66. The van der Waals surface area contributed by atoms with Crippen molar-refractivity contribution in [1.82, 2.24) is 9.80 Å². The molecule has 0 aromatic rings. The van der Waals surface area contributed by atoms with Crippen LogP contribution in [0.1, 0.15) is 13.3 Å². The van der Waals surface area contributed by atoms with E-state index in [1.165, 1.54) is 39.1 Å². The quantitative estimate of drug-likeness (QED) is 0.653. The van der Waals surface area contributed by atoms with Crippen molar-refractivity contribution in [2.75, 3.05) is 45.8 Å². The van der Waals surface area contributed by atoms with Gasteiger partial charge in [-0.3, -0.25) is 4.90 Å². The molecule has 1 fully saturated rings. The fourth-order valence-electron chi connectivity index (χ4n) is 1.83. The maximum Gasteiger partial charge on any atom is 0.0164 e. The van der Waals surface area contributed by atoms with Crippen LogP contribution in [0.2, 0.25) is 0 Å². The van der Waals surface area contributed by atoms with Crippen molar-refractivity contribution in [3.8, 4) is 0 Å². The van der Waals surface area contributed by atoms with Gasteiger partial charge in [0.15, 0.2) is 0 Å². The lowest BCUT2D eigenvalue weighted by Crippen LogP contribution is -2.46. The van der Waals surface area contributed by atoms with Gasteiger partial charge in [-0.25, -0.2) is 0 Å². The summed E-state index contributed by atoms with van der Waals surface area (Å²) < 4.78 is 0. The van der Waals surface area contributed by atoms with Crippen LogP contribution in [-0.2, 0) is 0 Å². The molecule has 1 rings (SSSR count). The molecule has 0 aliphatic carbocycles. The van der Waals surface area contributed by atoms with Crippen molar-refractivity contribution in [3.05, 3.63) is 12.2 Å². The van der Waals surface area contributed by atoms with Gasteiger partial charge in [0.05, 0.1) is 0 Å². The molecule has 0 radical (unpaired) electrons. The Morgan fingerprint density at radius 1 is 1.07 bits per heavy atom. The second-order valence-corrected chi connectivity index (χ2v) is 3.85. The molecule has 0 amide bonds. The highest BCUT2D eigenvalue weighted by molar-refractivity contribution is 4.87. The zero-order chi connectivity index (χ0) is 10.2. The van der Waals surface area contributed by atoms with E-state index in [-0.39, 0.29) is 0 Å². The van der Waals surface area contributed by atoms with Crippen molar-refractivity contribution in [1.29, 1.82) is 0 Å². The third kappa shape index (κ3) is 4.22. The van der Waals surface area contributed by atoms with Gasteiger partial charge in [0, 0.05) is 39.3 Å². The van der Waals surface area contributed by atoms with Gasteiger partial charge in [0.2, 0.25) is 0 Å². The van der Waals surface area contributed by atoms with Gasteiger partial charge < -0.3 is 10.6 Å². The smallest absolute Gasteiger partial charge is 0.0164 e. The minimum Gasteiger partial charge on any atom is -0.327 e. The van der Waals surface area contributed by atoms with E-state index >= 15 is 0 Å². The number of nitrogens with two attached hydrogens (primary N) is 1. The predicted molar refractivity (Wildman–Crippen MR) is 61.4 cm³/mol. The monoisotopic (exact) mass is 197 g/mol. The van der Waals surface area contributed by atoms with Crippen molar-refractivity contribution < 1.29 is 0 Å². The van der Waals surface area contributed by atoms with E-state index in [9.17, 15) is 0 Å². The van der Waals surface area contributed by atoms with E-state index in [0.717, 1.165) is 6.54 Å². The fourth-order valence-corrected chi connectivity index (χ4v) is 1.83. The number of rotatable bonds is 5. The predicted octanol–water partition coefficient (Wildman–Crippen LogP) is 0.529. The molecule has 14 heavy (non-hydrogen) atoms. The summed E-state index contributed by atoms with van der Waals surface area (Å²) in [5.74, 6) is 0. The normalized spacial score (nSPS) is 20.7. The van der Waals surface area contributed by atoms with Gasteiger partial charge in [-0.05, 0) is 13.0 Å². The summed E-state index contributed by atoms with van der Waals surface area (Å²) >= 11 is 0.